The summed E-state index contributed by atoms with van der Waals surface area (Å²) in [5.74, 6) is 2.01. The molecule has 0 unspecified atom stereocenters. The number of aromatic nitrogens is 4. The smallest absolute Gasteiger partial charge is 0.232 e. The van der Waals surface area contributed by atoms with E-state index in [1.54, 1.807) is 11.7 Å². The van der Waals surface area contributed by atoms with Gasteiger partial charge in [0.2, 0.25) is 5.89 Å². The Morgan fingerprint density at radius 1 is 1.42 bits per heavy atom. The average Bonchev–Trinajstić information content (AvgIpc) is 3.08. The predicted octanol–water partition coefficient (Wildman–Crippen LogP) is 1.93. The maximum atomic E-state index is 5.29. The lowest BCUT2D eigenvalue weighted by Crippen LogP contribution is -2.38. The summed E-state index contributed by atoms with van der Waals surface area (Å²) >= 11 is 0. The fourth-order valence-corrected chi connectivity index (χ4v) is 2.08. The molecule has 0 fully saturated rings. The van der Waals surface area contributed by atoms with Crippen molar-refractivity contribution in [2.24, 2.45) is 12.0 Å². The summed E-state index contributed by atoms with van der Waals surface area (Å²) in [5.41, 5.74) is 0.969. The first-order valence-electron chi connectivity index (χ1n) is 7.52. The van der Waals surface area contributed by atoms with E-state index in [1.165, 1.54) is 0 Å². The molecule has 1 N–H and O–H groups in total. The van der Waals surface area contributed by atoms with Crippen molar-refractivity contribution in [2.75, 3.05) is 14.1 Å². The highest BCUT2D eigenvalue weighted by atomic mass is 127. The van der Waals surface area contributed by atoms with Crippen LogP contribution in [0.4, 0.5) is 0 Å². The monoisotopic (exact) mass is 447 g/mol. The molecular weight excluding hydrogens is 421 g/mol. The highest BCUT2D eigenvalue weighted by molar-refractivity contribution is 14.0. The zero-order valence-corrected chi connectivity index (χ0v) is 17.4. The van der Waals surface area contributed by atoms with Gasteiger partial charge in [-0.05, 0) is 0 Å². The molecule has 134 valence electrons. The number of aliphatic imine (C=N–C) groups is 1. The van der Waals surface area contributed by atoms with Gasteiger partial charge in [-0.3, -0.25) is 9.67 Å². The van der Waals surface area contributed by atoms with Crippen molar-refractivity contribution in [1.29, 1.82) is 0 Å². The topological polar surface area (TPSA) is 84.4 Å². The number of guanidine groups is 1. The van der Waals surface area contributed by atoms with E-state index < -0.39 is 0 Å². The molecular formula is C15H26IN7O. The summed E-state index contributed by atoms with van der Waals surface area (Å²) in [5, 5.41) is 11.4. The first-order chi connectivity index (χ1) is 10.8. The lowest BCUT2D eigenvalue weighted by Gasteiger charge is -2.20. The van der Waals surface area contributed by atoms with E-state index in [-0.39, 0.29) is 29.4 Å². The second kappa shape index (κ2) is 8.45. The Balaban J connectivity index is 0.00000288. The fourth-order valence-electron chi connectivity index (χ4n) is 2.08. The van der Waals surface area contributed by atoms with Crippen LogP contribution in [-0.2, 0) is 25.6 Å². The first-order valence-corrected chi connectivity index (χ1v) is 7.52. The van der Waals surface area contributed by atoms with Crippen molar-refractivity contribution in [2.45, 2.75) is 39.3 Å². The number of nitrogens with zero attached hydrogens (tertiary/aromatic N) is 6. The molecule has 0 saturated carbocycles. The van der Waals surface area contributed by atoms with Crippen LogP contribution in [0.3, 0.4) is 0 Å². The second-order valence-electron chi connectivity index (χ2n) is 6.54. The van der Waals surface area contributed by atoms with Crippen molar-refractivity contribution in [3.8, 4) is 0 Å². The summed E-state index contributed by atoms with van der Waals surface area (Å²) in [6.45, 7) is 7.30. The molecule has 0 aliphatic rings. The molecule has 2 aromatic rings. The van der Waals surface area contributed by atoms with E-state index in [4.69, 9.17) is 4.52 Å². The molecule has 0 spiro atoms. The van der Waals surface area contributed by atoms with Crippen LogP contribution >= 0.6 is 24.0 Å². The molecule has 0 saturated heterocycles. The van der Waals surface area contributed by atoms with E-state index in [9.17, 15) is 0 Å². The SMILES string of the molecule is CN=C(NCc1noc(C(C)(C)C)n1)N(C)Cc1cnn(C)c1.I. The number of halogens is 1. The second-order valence-corrected chi connectivity index (χ2v) is 6.54. The summed E-state index contributed by atoms with van der Waals surface area (Å²) in [7, 11) is 5.62. The fraction of sp³-hybridized carbons (Fsp3) is 0.600. The number of aryl methyl sites for hydroxylation is 1. The molecule has 0 aliphatic carbocycles. The highest BCUT2D eigenvalue weighted by Gasteiger charge is 2.21. The van der Waals surface area contributed by atoms with Gasteiger partial charge in [0.25, 0.3) is 0 Å². The molecule has 0 bridgehead atoms. The Hall–Kier alpha value is -1.65. The van der Waals surface area contributed by atoms with Crippen LogP contribution in [0.5, 0.6) is 0 Å². The van der Waals surface area contributed by atoms with E-state index in [0.29, 0.717) is 24.8 Å². The zero-order valence-electron chi connectivity index (χ0n) is 15.1. The van der Waals surface area contributed by atoms with Crippen LogP contribution in [0.15, 0.2) is 21.9 Å². The Bertz CT molecular complexity index is 671. The van der Waals surface area contributed by atoms with Crippen LogP contribution in [-0.4, -0.2) is 44.9 Å². The highest BCUT2D eigenvalue weighted by Crippen LogP contribution is 2.19. The molecule has 8 nitrogen and oxygen atoms in total. The van der Waals surface area contributed by atoms with Crippen LogP contribution in [0, 0.1) is 0 Å². The minimum atomic E-state index is -0.149. The van der Waals surface area contributed by atoms with Crippen LogP contribution in [0.25, 0.3) is 0 Å². The maximum absolute atomic E-state index is 5.29. The van der Waals surface area contributed by atoms with Crippen LogP contribution in [0.2, 0.25) is 0 Å². The quantitative estimate of drug-likeness (QED) is 0.438. The predicted molar refractivity (Wildman–Crippen MR) is 103 cm³/mol. The van der Waals surface area contributed by atoms with Crippen molar-refractivity contribution in [3.63, 3.8) is 0 Å². The van der Waals surface area contributed by atoms with E-state index in [0.717, 1.165) is 11.5 Å². The number of hydrogen-bond donors (Lipinski definition) is 1. The minimum absolute atomic E-state index is 0. The molecule has 2 aromatic heterocycles. The zero-order chi connectivity index (χ0) is 17.0. The van der Waals surface area contributed by atoms with Gasteiger partial charge in [0.05, 0.1) is 12.7 Å². The average molecular weight is 447 g/mol. The molecule has 0 amide bonds. The molecule has 2 heterocycles. The van der Waals surface area contributed by atoms with Crippen LogP contribution < -0.4 is 5.32 Å². The van der Waals surface area contributed by atoms with E-state index >= 15 is 0 Å². The standard InChI is InChI=1S/C15H25N7O.HI/c1-15(2,3)13-19-12(20-23-13)8-17-14(16-4)21(5)9-11-7-18-22(6)10-11;/h7,10H,8-9H2,1-6H3,(H,16,17);1H. The van der Waals surface area contributed by atoms with Crippen LogP contribution in [0.1, 0.15) is 38.0 Å². The Morgan fingerprint density at radius 2 is 2.12 bits per heavy atom. The van der Waals surface area contributed by atoms with Gasteiger partial charge in [-0.15, -0.1) is 24.0 Å². The first kappa shape index (κ1) is 20.4. The summed E-state index contributed by atoms with van der Waals surface area (Å²) in [4.78, 5) is 10.7. The normalized spacial score (nSPS) is 12.0. The lowest BCUT2D eigenvalue weighted by atomic mass is 9.97. The van der Waals surface area contributed by atoms with Gasteiger partial charge in [0.15, 0.2) is 11.8 Å². The summed E-state index contributed by atoms with van der Waals surface area (Å²) in [6.07, 6.45) is 3.83. The number of nitrogens with one attached hydrogen (secondary N) is 1. The van der Waals surface area contributed by atoms with Crippen molar-refractivity contribution < 1.29 is 4.52 Å². The summed E-state index contributed by atoms with van der Waals surface area (Å²) in [6, 6.07) is 0. The van der Waals surface area contributed by atoms with Gasteiger partial charge in [0.1, 0.15) is 0 Å². The van der Waals surface area contributed by atoms with Gasteiger partial charge < -0.3 is 14.7 Å². The molecule has 0 atom stereocenters. The minimum Gasteiger partial charge on any atom is -0.349 e. The summed E-state index contributed by atoms with van der Waals surface area (Å²) < 4.78 is 7.07. The van der Waals surface area contributed by atoms with Gasteiger partial charge in [-0.1, -0.05) is 25.9 Å². The van der Waals surface area contributed by atoms with Gasteiger partial charge in [0, 0.05) is 44.9 Å². The Kier molecular flexibility index (Phi) is 7.18. The molecule has 9 heteroatoms. The lowest BCUT2D eigenvalue weighted by molar-refractivity contribution is 0.318. The number of rotatable bonds is 4. The Morgan fingerprint density at radius 3 is 2.62 bits per heavy atom. The van der Waals surface area contributed by atoms with Gasteiger partial charge in [-0.25, -0.2) is 0 Å². The molecule has 24 heavy (non-hydrogen) atoms. The van der Waals surface area contributed by atoms with E-state index in [1.807, 2.05) is 52.2 Å². The van der Waals surface area contributed by atoms with Gasteiger partial charge in [-0.2, -0.15) is 10.1 Å². The third-order valence-electron chi connectivity index (χ3n) is 3.27. The number of hydrogen-bond acceptors (Lipinski definition) is 5. The van der Waals surface area contributed by atoms with Gasteiger partial charge >= 0.3 is 0 Å². The maximum Gasteiger partial charge on any atom is 0.232 e. The van der Waals surface area contributed by atoms with E-state index in [2.05, 4.69) is 25.5 Å². The third-order valence-corrected chi connectivity index (χ3v) is 3.27. The Labute approximate surface area is 159 Å². The largest absolute Gasteiger partial charge is 0.349 e. The third kappa shape index (κ3) is 5.46. The molecule has 0 aliphatic heterocycles. The van der Waals surface area contributed by atoms with Crippen molar-refractivity contribution in [3.05, 3.63) is 29.7 Å². The molecule has 2 rings (SSSR count). The molecule has 0 radical (unpaired) electrons. The van der Waals surface area contributed by atoms with Crippen molar-refractivity contribution in [1.82, 2.24) is 30.1 Å². The molecule has 0 aromatic carbocycles. The van der Waals surface area contributed by atoms with Crippen molar-refractivity contribution >= 4 is 29.9 Å².